The van der Waals surface area contributed by atoms with Crippen molar-refractivity contribution in [2.45, 2.75) is 45.7 Å². The maximum atomic E-state index is 4.68. The number of aromatic nitrogens is 1. The molecule has 0 spiro atoms. The van der Waals surface area contributed by atoms with Crippen LogP contribution < -0.4 is 10.2 Å². The van der Waals surface area contributed by atoms with Crippen molar-refractivity contribution >= 4 is 16.5 Å². The molecule has 1 aromatic rings. The fraction of sp³-hybridized carbons (Fsp3) is 0.812. The number of rotatable bonds is 5. The Morgan fingerprint density at radius 1 is 1.33 bits per heavy atom. The second-order valence-electron chi connectivity index (χ2n) is 6.77. The quantitative estimate of drug-likeness (QED) is 0.906. The summed E-state index contributed by atoms with van der Waals surface area (Å²) in [5.41, 5.74) is 0. The van der Waals surface area contributed by atoms with Gasteiger partial charge in [0, 0.05) is 43.3 Å². The Kier molecular flexibility index (Phi) is 5.14. The van der Waals surface area contributed by atoms with Gasteiger partial charge in [-0.15, -0.1) is 11.3 Å². The van der Waals surface area contributed by atoms with Crippen LogP contribution in [0.3, 0.4) is 0 Å². The molecule has 1 N–H and O–H groups in total. The van der Waals surface area contributed by atoms with Gasteiger partial charge in [0.05, 0.1) is 0 Å². The summed E-state index contributed by atoms with van der Waals surface area (Å²) >= 11 is 1.87. The number of nitrogens with zero attached hydrogens (tertiary/aromatic N) is 3. The highest BCUT2D eigenvalue weighted by atomic mass is 32.1. The summed E-state index contributed by atoms with van der Waals surface area (Å²) in [4.78, 5) is 11.2. The van der Waals surface area contributed by atoms with Gasteiger partial charge in [0.15, 0.2) is 5.13 Å². The first kappa shape index (κ1) is 15.3. The van der Waals surface area contributed by atoms with Gasteiger partial charge in [-0.2, -0.15) is 0 Å². The van der Waals surface area contributed by atoms with E-state index in [1.54, 1.807) is 0 Å². The molecule has 0 amide bonds. The molecule has 2 saturated heterocycles. The molecule has 0 saturated carbocycles. The largest absolute Gasteiger partial charge is 0.346 e. The van der Waals surface area contributed by atoms with Crippen LogP contribution in [0.4, 0.5) is 5.13 Å². The molecule has 4 nitrogen and oxygen atoms in total. The molecule has 2 fully saturated rings. The van der Waals surface area contributed by atoms with Crippen molar-refractivity contribution in [2.75, 3.05) is 37.6 Å². The van der Waals surface area contributed by atoms with Crippen LogP contribution in [0.25, 0.3) is 0 Å². The molecule has 21 heavy (non-hydrogen) atoms. The zero-order valence-corrected chi connectivity index (χ0v) is 14.2. The van der Waals surface area contributed by atoms with Gasteiger partial charge in [0.1, 0.15) is 0 Å². The van der Waals surface area contributed by atoms with Crippen LogP contribution >= 0.6 is 11.3 Å². The molecule has 1 atom stereocenters. The van der Waals surface area contributed by atoms with Crippen molar-refractivity contribution in [3.05, 3.63) is 11.1 Å². The maximum Gasteiger partial charge on any atom is 0.185 e. The van der Waals surface area contributed by atoms with E-state index in [0.29, 0.717) is 5.92 Å². The summed E-state index contributed by atoms with van der Waals surface area (Å²) in [5.74, 6) is 0.705. The Balaban J connectivity index is 1.57. The summed E-state index contributed by atoms with van der Waals surface area (Å²) < 4.78 is 0. The van der Waals surface area contributed by atoms with E-state index in [9.17, 15) is 0 Å². The number of anilines is 1. The molecular formula is C16H28N4S. The van der Waals surface area contributed by atoms with Crippen molar-refractivity contribution in [1.82, 2.24) is 15.2 Å². The highest BCUT2D eigenvalue weighted by Gasteiger charge is 2.29. The maximum absolute atomic E-state index is 4.68. The predicted octanol–water partition coefficient (Wildman–Crippen LogP) is 2.56. The van der Waals surface area contributed by atoms with Crippen LogP contribution in [0, 0.1) is 5.92 Å². The minimum Gasteiger partial charge on any atom is -0.346 e. The molecule has 0 radical (unpaired) electrons. The number of fused-ring (bicyclic) bond motifs is 1. The first-order chi connectivity index (χ1) is 10.2. The van der Waals surface area contributed by atoms with Crippen LogP contribution in [0.2, 0.25) is 0 Å². The van der Waals surface area contributed by atoms with E-state index in [1.807, 2.05) is 11.3 Å². The summed E-state index contributed by atoms with van der Waals surface area (Å²) in [6, 6.07) is 0.763. The molecule has 1 unspecified atom stereocenters. The van der Waals surface area contributed by atoms with Crippen molar-refractivity contribution < 1.29 is 0 Å². The van der Waals surface area contributed by atoms with Crippen molar-refractivity contribution in [2.24, 2.45) is 5.92 Å². The molecular weight excluding hydrogens is 280 g/mol. The van der Waals surface area contributed by atoms with E-state index in [0.717, 1.165) is 19.1 Å². The number of nitrogens with one attached hydrogen (secondary N) is 1. The predicted molar refractivity (Wildman–Crippen MR) is 90.1 cm³/mol. The number of hydrogen-bond acceptors (Lipinski definition) is 5. The highest BCUT2D eigenvalue weighted by molar-refractivity contribution is 7.15. The summed E-state index contributed by atoms with van der Waals surface area (Å²) in [6.45, 7) is 11.4. The van der Waals surface area contributed by atoms with Crippen LogP contribution in [-0.2, 0) is 6.54 Å². The monoisotopic (exact) mass is 308 g/mol. The van der Waals surface area contributed by atoms with Gasteiger partial charge < -0.3 is 10.2 Å². The molecule has 0 aromatic carbocycles. The normalized spacial score (nSPS) is 23.6. The molecule has 2 aliphatic heterocycles. The number of thiazole rings is 1. The molecule has 118 valence electrons. The van der Waals surface area contributed by atoms with Gasteiger partial charge in [0.25, 0.3) is 0 Å². The van der Waals surface area contributed by atoms with E-state index in [-0.39, 0.29) is 0 Å². The van der Waals surface area contributed by atoms with E-state index >= 15 is 0 Å². The zero-order chi connectivity index (χ0) is 14.7. The van der Waals surface area contributed by atoms with Crippen molar-refractivity contribution in [3.63, 3.8) is 0 Å². The minimum absolute atomic E-state index is 0.705. The van der Waals surface area contributed by atoms with Crippen LogP contribution in [0.1, 0.15) is 38.0 Å². The van der Waals surface area contributed by atoms with Crippen molar-refractivity contribution in [3.8, 4) is 0 Å². The first-order valence-corrected chi connectivity index (χ1v) is 9.18. The minimum atomic E-state index is 0.705. The Labute approximate surface area is 132 Å². The Morgan fingerprint density at radius 3 is 3.05 bits per heavy atom. The first-order valence-electron chi connectivity index (χ1n) is 8.37. The van der Waals surface area contributed by atoms with Gasteiger partial charge >= 0.3 is 0 Å². The fourth-order valence-corrected chi connectivity index (χ4v) is 4.30. The van der Waals surface area contributed by atoms with Gasteiger partial charge in [-0.1, -0.05) is 13.8 Å². The van der Waals surface area contributed by atoms with E-state index in [1.165, 1.54) is 55.5 Å². The van der Waals surface area contributed by atoms with Crippen LogP contribution in [0.15, 0.2) is 6.20 Å². The average Bonchev–Trinajstić information content (AvgIpc) is 3.04. The number of hydrogen-bond donors (Lipinski definition) is 1. The molecule has 3 heterocycles. The van der Waals surface area contributed by atoms with Gasteiger partial charge in [-0.25, -0.2) is 4.98 Å². The molecule has 0 aliphatic carbocycles. The Hall–Kier alpha value is -0.650. The molecule has 3 rings (SSSR count). The SMILES string of the molecule is CC(C)CNCc1cnc(N2CCCN3CCCC3C2)s1. The van der Waals surface area contributed by atoms with E-state index in [4.69, 9.17) is 0 Å². The molecule has 2 aliphatic rings. The van der Waals surface area contributed by atoms with Crippen LogP contribution in [-0.4, -0.2) is 48.6 Å². The third-order valence-electron chi connectivity index (χ3n) is 4.47. The third-order valence-corrected chi connectivity index (χ3v) is 5.53. The molecule has 0 bridgehead atoms. The highest BCUT2D eigenvalue weighted by Crippen LogP contribution is 2.28. The lowest BCUT2D eigenvalue weighted by Gasteiger charge is -2.25. The van der Waals surface area contributed by atoms with Gasteiger partial charge in [-0.05, 0) is 38.3 Å². The van der Waals surface area contributed by atoms with Gasteiger partial charge in [-0.3, -0.25) is 4.90 Å². The Morgan fingerprint density at radius 2 is 2.19 bits per heavy atom. The third kappa shape index (κ3) is 3.96. The van der Waals surface area contributed by atoms with E-state index < -0.39 is 0 Å². The zero-order valence-electron chi connectivity index (χ0n) is 13.3. The molecule has 5 heteroatoms. The van der Waals surface area contributed by atoms with Gasteiger partial charge in [0.2, 0.25) is 0 Å². The lowest BCUT2D eigenvalue weighted by atomic mass is 10.2. The standard InChI is InChI=1S/C16H28N4S/c1-13(2)9-17-10-15-11-18-16(21-15)20-8-4-7-19-6-3-5-14(19)12-20/h11,13-14,17H,3-10,12H2,1-2H3. The van der Waals surface area contributed by atoms with E-state index in [2.05, 4.69) is 40.1 Å². The lowest BCUT2D eigenvalue weighted by Crippen LogP contribution is -2.36. The van der Waals surface area contributed by atoms with Crippen molar-refractivity contribution in [1.29, 1.82) is 0 Å². The second-order valence-corrected chi connectivity index (χ2v) is 7.86. The fourth-order valence-electron chi connectivity index (χ4n) is 3.39. The summed E-state index contributed by atoms with van der Waals surface area (Å²) in [5, 5.41) is 4.74. The summed E-state index contributed by atoms with van der Waals surface area (Å²) in [7, 11) is 0. The average molecular weight is 308 g/mol. The Bertz CT molecular complexity index is 445. The topological polar surface area (TPSA) is 31.4 Å². The second kappa shape index (κ2) is 7.07. The molecule has 1 aromatic heterocycles. The smallest absolute Gasteiger partial charge is 0.185 e. The lowest BCUT2D eigenvalue weighted by molar-refractivity contribution is 0.273. The summed E-state index contributed by atoms with van der Waals surface area (Å²) in [6.07, 6.45) is 6.08. The van der Waals surface area contributed by atoms with Crippen LogP contribution in [0.5, 0.6) is 0 Å².